The fourth-order valence-corrected chi connectivity index (χ4v) is 3.81. The van der Waals surface area contributed by atoms with Crippen LogP contribution in [0.2, 0.25) is 0 Å². The molecule has 1 amide bonds. The molecule has 0 heterocycles. The van der Waals surface area contributed by atoms with Crippen molar-refractivity contribution in [2.45, 2.75) is 56.4 Å². The van der Waals surface area contributed by atoms with Gasteiger partial charge in [0.05, 0.1) is 11.5 Å². The van der Waals surface area contributed by atoms with E-state index in [4.69, 9.17) is 5.73 Å². The second-order valence-corrected chi connectivity index (χ2v) is 6.32. The van der Waals surface area contributed by atoms with Crippen molar-refractivity contribution >= 4 is 18.3 Å². The molecular formula is C17H25ClN2O. The van der Waals surface area contributed by atoms with Gasteiger partial charge in [-0.3, -0.25) is 4.79 Å². The van der Waals surface area contributed by atoms with Crippen LogP contribution in [0.3, 0.4) is 0 Å². The number of hydrogen-bond donors (Lipinski definition) is 2. The predicted molar refractivity (Wildman–Crippen MR) is 87.8 cm³/mol. The van der Waals surface area contributed by atoms with Crippen molar-refractivity contribution in [2.24, 2.45) is 5.73 Å². The van der Waals surface area contributed by atoms with Crippen molar-refractivity contribution in [2.75, 3.05) is 6.54 Å². The van der Waals surface area contributed by atoms with Crippen molar-refractivity contribution in [3.05, 3.63) is 35.4 Å². The normalized spacial score (nSPS) is 23.0. The molecule has 1 saturated carbocycles. The van der Waals surface area contributed by atoms with Gasteiger partial charge >= 0.3 is 0 Å². The van der Waals surface area contributed by atoms with Crippen LogP contribution in [0.25, 0.3) is 0 Å². The molecule has 3 nitrogen and oxygen atoms in total. The van der Waals surface area contributed by atoms with E-state index in [1.165, 1.54) is 24.0 Å². The topological polar surface area (TPSA) is 55.1 Å². The van der Waals surface area contributed by atoms with Gasteiger partial charge in [-0.1, -0.05) is 37.1 Å². The van der Waals surface area contributed by atoms with Crippen LogP contribution in [0, 0.1) is 0 Å². The van der Waals surface area contributed by atoms with Crippen LogP contribution in [-0.4, -0.2) is 18.0 Å². The fourth-order valence-electron chi connectivity index (χ4n) is 3.81. The molecule has 0 aromatic heterocycles. The fraction of sp³-hybridized carbons (Fsp3) is 0.588. The van der Waals surface area contributed by atoms with Gasteiger partial charge in [0.1, 0.15) is 0 Å². The Kier molecular flexibility index (Phi) is 5.28. The molecule has 116 valence electrons. The summed E-state index contributed by atoms with van der Waals surface area (Å²) in [5.41, 5.74) is 8.35. The van der Waals surface area contributed by atoms with Crippen LogP contribution in [0.15, 0.2) is 24.3 Å². The number of nitrogens with one attached hydrogen (secondary N) is 1. The number of nitrogens with two attached hydrogens (primary N) is 1. The van der Waals surface area contributed by atoms with E-state index in [1.54, 1.807) is 0 Å². The Hall–Kier alpha value is -1.06. The molecule has 0 bridgehead atoms. The van der Waals surface area contributed by atoms with Crippen molar-refractivity contribution in [1.82, 2.24) is 5.32 Å². The molecule has 3 rings (SSSR count). The molecule has 0 radical (unpaired) electrons. The van der Waals surface area contributed by atoms with E-state index in [0.29, 0.717) is 6.54 Å². The first-order valence-electron chi connectivity index (χ1n) is 7.84. The molecule has 1 fully saturated rings. The Morgan fingerprint density at radius 3 is 2.67 bits per heavy atom. The number of carbonyl (C=O) groups is 1. The average Bonchev–Trinajstić information content (AvgIpc) is 2.95. The highest BCUT2D eigenvalue weighted by Crippen LogP contribution is 2.34. The SMILES string of the molecule is Cl.NCC1(NC(=O)C2CCCc3ccccc32)CCCC1. The van der Waals surface area contributed by atoms with Crippen LogP contribution < -0.4 is 11.1 Å². The Balaban J connectivity index is 0.00000161. The zero-order chi connectivity index (χ0) is 14.0. The van der Waals surface area contributed by atoms with Crippen LogP contribution in [0.5, 0.6) is 0 Å². The van der Waals surface area contributed by atoms with E-state index in [2.05, 4.69) is 23.5 Å². The van der Waals surface area contributed by atoms with Gasteiger partial charge in [-0.15, -0.1) is 12.4 Å². The van der Waals surface area contributed by atoms with E-state index in [1.807, 2.05) is 6.07 Å². The Morgan fingerprint density at radius 1 is 1.24 bits per heavy atom. The zero-order valence-corrected chi connectivity index (χ0v) is 13.3. The van der Waals surface area contributed by atoms with Gasteiger partial charge in [0.15, 0.2) is 0 Å². The molecule has 0 saturated heterocycles. The smallest absolute Gasteiger partial charge is 0.228 e. The summed E-state index contributed by atoms with van der Waals surface area (Å²) in [6.07, 6.45) is 7.58. The second-order valence-electron chi connectivity index (χ2n) is 6.32. The van der Waals surface area contributed by atoms with Crippen LogP contribution in [0.1, 0.15) is 55.6 Å². The summed E-state index contributed by atoms with van der Waals surface area (Å²) in [4.78, 5) is 12.7. The highest BCUT2D eigenvalue weighted by molar-refractivity contribution is 5.85. The maximum absolute atomic E-state index is 12.7. The summed E-state index contributed by atoms with van der Waals surface area (Å²) in [7, 11) is 0. The van der Waals surface area contributed by atoms with Gasteiger partial charge in [0, 0.05) is 6.54 Å². The van der Waals surface area contributed by atoms with E-state index in [0.717, 1.165) is 32.1 Å². The van der Waals surface area contributed by atoms with Gasteiger partial charge in [-0.25, -0.2) is 0 Å². The van der Waals surface area contributed by atoms with E-state index in [-0.39, 0.29) is 29.8 Å². The number of rotatable bonds is 3. The predicted octanol–water partition coefficient (Wildman–Crippen LogP) is 2.92. The molecule has 4 heteroatoms. The summed E-state index contributed by atoms with van der Waals surface area (Å²) in [5.74, 6) is 0.202. The number of hydrogen-bond acceptors (Lipinski definition) is 2. The van der Waals surface area contributed by atoms with E-state index < -0.39 is 0 Å². The summed E-state index contributed by atoms with van der Waals surface area (Å²) in [6, 6.07) is 8.38. The average molecular weight is 309 g/mol. The lowest BCUT2D eigenvalue weighted by atomic mass is 9.81. The molecule has 1 aromatic rings. The third-order valence-electron chi connectivity index (χ3n) is 5.03. The summed E-state index contributed by atoms with van der Waals surface area (Å²) < 4.78 is 0. The zero-order valence-electron chi connectivity index (χ0n) is 12.4. The quantitative estimate of drug-likeness (QED) is 0.902. The number of carbonyl (C=O) groups excluding carboxylic acids is 1. The van der Waals surface area contributed by atoms with Crippen molar-refractivity contribution in [1.29, 1.82) is 0 Å². The largest absolute Gasteiger partial charge is 0.349 e. The lowest BCUT2D eigenvalue weighted by molar-refractivity contribution is -0.124. The third kappa shape index (κ3) is 3.24. The van der Waals surface area contributed by atoms with Crippen molar-refractivity contribution in [3.63, 3.8) is 0 Å². The minimum Gasteiger partial charge on any atom is -0.349 e. The number of fused-ring (bicyclic) bond motifs is 1. The van der Waals surface area contributed by atoms with E-state index in [9.17, 15) is 4.79 Å². The highest BCUT2D eigenvalue weighted by atomic mass is 35.5. The number of amides is 1. The van der Waals surface area contributed by atoms with Crippen molar-refractivity contribution in [3.8, 4) is 0 Å². The van der Waals surface area contributed by atoms with E-state index >= 15 is 0 Å². The molecule has 1 unspecified atom stereocenters. The minimum atomic E-state index is -0.135. The molecule has 1 atom stereocenters. The first-order chi connectivity index (χ1) is 9.74. The first kappa shape index (κ1) is 16.3. The summed E-state index contributed by atoms with van der Waals surface area (Å²) in [5, 5.41) is 3.29. The van der Waals surface area contributed by atoms with Crippen LogP contribution in [-0.2, 0) is 11.2 Å². The Labute approximate surface area is 133 Å². The lowest BCUT2D eigenvalue weighted by Crippen LogP contribution is -2.53. The maximum atomic E-state index is 12.7. The van der Waals surface area contributed by atoms with Crippen LogP contribution >= 0.6 is 12.4 Å². The Morgan fingerprint density at radius 2 is 1.95 bits per heavy atom. The first-order valence-corrected chi connectivity index (χ1v) is 7.84. The molecule has 0 aliphatic heterocycles. The monoisotopic (exact) mass is 308 g/mol. The van der Waals surface area contributed by atoms with Gasteiger partial charge in [-0.2, -0.15) is 0 Å². The molecule has 2 aliphatic rings. The lowest BCUT2D eigenvalue weighted by Gasteiger charge is -2.32. The molecule has 2 aliphatic carbocycles. The van der Waals surface area contributed by atoms with Gasteiger partial charge in [0.25, 0.3) is 0 Å². The highest BCUT2D eigenvalue weighted by Gasteiger charge is 2.36. The van der Waals surface area contributed by atoms with Gasteiger partial charge < -0.3 is 11.1 Å². The molecule has 0 spiro atoms. The van der Waals surface area contributed by atoms with Gasteiger partial charge in [-0.05, 0) is 43.2 Å². The maximum Gasteiger partial charge on any atom is 0.228 e. The summed E-state index contributed by atoms with van der Waals surface area (Å²) in [6.45, 7) is 0.563. The molecular weight excluding hydrogens is 284 g/mol. The number of aryl methyl sites for hydroxylation is 1. The summed E-state index contributed by atoms with van der Waals surface area (Å²) >= 11 is 0. The van der Waals surface area contributed by atoms with Crippen LogP contribution in [0.4, 0.5) is 0 Å². The molecule has 3 N–H and O–H groups in total. The standard InChI is InChI=1S/C17H24N2O.ClH/c18-12-17(10-3-4-11-17)19-16(20)15-9-5-7-13-6-1-2-8-14(13)15;/h1-2,6,8,15H,3-5,7,9-12,18H2,(H,19,20);1H. The Bertz CT molecular complexity index is 497. The molecule has 1 aromatic carbocycles. The van der Waals surface area contributed by atoms with Gasteiger partial charge in [0.2, 0.25) is 5.91 Å². The van der Waals surface area contributed by atoms with Crippen molar-refractivity contribution < 1.29 is 4.79 Å². The third-order valence-corrected chi connectivity index (χ3v) is 5.03. The molecule has 21 heavy (non-hydrogen) atoms. The number of benzene rings is 1. The second kappa shape index (κ2) is 6.80. The minimum absolute atomic E-state index is 0. The number of halogens is 1.